The maximum absolute atomic E-state index is 11.9. The fourth-order valence-corrected chi connectivity index (χ4v) is 3.66. The van der Waals surface area contributed by atoms with E-state index in [2.05, 4.69) is 46.6 Å². The van der Waals surface area contributed by atoms with Gasteiger partial charge < -0.3 is 15.1 Å². The Kier molecular flexibility index (Phi) is 9.78. The molecule has 25 heavy (non-hydrogen) atoms. The summed E-state index contributed by atoms with van der Waals surface area (Å²) in [6.07, 6.45) is 2.46. The molecule has 142 valence electrons. The highest BCUT2D eigenvalue weighted by Crippen LogP contribution is 2.23. The average molecular weight is 478 g/mol. The van der Waals surface area contributed by atoms with Crippen molar-refractivity contribution in [3.05, 3.63) is 22.4 Å². The lowest BCUT2D eigenvalue weighted by molar-refractivity contribution is -0.127. The largest absolute Gasteiger partial charge is 0.351 e. The highest BCUT2D eigenvalue weighted by Gasteiger charge is 2.25. The summed E-state index contributed by atoms with van der Waals surface area (Å²) in [6, 6.07) is 4.17. The van der Waals surface area contributed by atoms with Gasteiger partial charge in [-0.3, -0.25) is 4.79 Å². The van der Waals surface area contributed by atoms with Gasteiger partial charge in [0.15, 0.2) is 5.96 Å². The number of amides is 1. The molecular weight excluding hydrogens is 447 g/mol. The molecule has 2 rings (SSSR count). The lowest BCUT2D eigenvalue weighted by Crippen LogP contribution is -2.40. The molecule has 1 aliphatic heterocycles. The van der Waals surface area contributed by atoms with Gasteiger partial charge in [0.2, 0.25) is 5.91 Å². The fraction of sp³-hybridized carbons (Fsp3) is 0.667. The van der Waals surface area contributed by atoms with E-state index in [1.54, 1.807) is 30.3 Å². The third kappa shape index (κ3) is 7.52. The van der Waals surface area contributed by atoms with E-state index in [0.717, 1.165) is 37.4 Å². The normalized spacial score (nSPS) is 17.6. The van der Waals surface area contributed by atoms with Crippen molar-refractivity contribution in [2.75, 3.05) is 33.7 Å². The number of hydrogen-bond donors (Lipinski definition) is 1. The minimum Gasteiger partial charge on any atom is -0.351 e. The van der Waals surface area contributed by atoms with Crippen LogP contribution >= 0.6 is 35.3 Å². The molecule has 1 fully saturated rings. The van der Waals surface area contributed by atoms with Crippen LogP contribution in [0.1, 0.15) is 31.6 Å². The first kappa shape index (κ1) is 22.2. The van der Waals surface area contributed by atoms with Gasteiger partial charge in [-0.25, -0.2) is 4.99 Å². The zero-order valence-electron chi connectivity index (χ0n) is 15.7. The number of carbonyl (C=O) groups excluding carboxylic acids is 1. The van der Waals surface area contributed by atoms with Crippen LogP contribution in [0.25, 0.3) is 0 Å². The van der Waals surface area contributed by atoms with E-state index in [9.17, 15) is 4.79 Å². The third-order valence-electron chi connectivity index (χ3n) is 4.25. The molecule has 1 amide bonds. The Hall–Kier alpha value is -0.830. The predicted octanol–water partition coefficient (Wildman–Crippen LogP) is 3.27. The SMILES string of the molecule is CC(C)CC1CCN(C(=NCC(=O)N(C)C)NCc2cccs2)C1.I. The van der Waals surface area contributed by atoms with E-state index >= 15 is 0 Å². The third-order valence-corrected chi connectivity index (χ3v) is 5.13. The van der Waals surface area contributed by atoms with Gasteiger partial charge in [0.05, 0.1) is 6.54 Å². The number of aliphatic imine (C=N–C) groups is 1. The molecule has 1 unspecified atom stereocenters. The summed E-state index contributed by atoms with van der Waals surface area (Å²) in [5.41, 5.74) is 0. The molecule has 1 saturated heterocycles. The van der Waals surface area contributed by atoms with Gasteiger partial charge in [-0.05, 0) is 36.1 Å². The molecule has 0 aliphatic carbocycles. The number of halogens is 1. The number of thiophene rings is 1. The number of likely N-dealkylation sites (tertiary alicyclic amines) is 1. The average Bonchev–Trinajstić information content (AvgIpc) is 3.18. The predicted molar refractivity (Wildman–Crippen MR) is 117 cm³/mol. The number of hydrogen-bond acceptors (Lipinski definition) is 3. The number of likely N-dealkylation sites (N-methyl/N-ethyl adjacent to an activating group) is 1. The summed E-state index contributed by atoms with van der Waals surface area (Å²) in [7, 11) is 3.54. The highest BCUT2D eigenvalue weighted by molar-refractivity contribution is 14.0. The minimum atomic E-state index is 0. The summed E-state index contributed by atoms with van der Waals surface area (Å²) < 4.78 is 0. The van der Waals surface area contributed by atoms with Crippen molar-refractivity contribution < 1.29 is 4.79 Å². The molecule has 0 aromatic carbocycles. The molecule has 7 heteroatoms. The Balaban J connectivity index is 0.00000312. The van der Waals surface area contributed by atoms with Crippen LogP contribution in [0.3, 0.4) is 0 Å². The number of rotatable bonds is 6. The lowest BCUT2D eigenvalue weighted by atomic mass is 9.97. The standard InChI is InChI=1S/C18H30N4OS.HI/c1-14(2)10-15-7-8-22(13-15)18(20-12-17(23)21(3)4)19-11-16-6-5-9-24-16;/h5-6,9,14-15H,7-8,10-13H2,1-4H3,(H,19,20);1H. The second kappa shape index (κ2) is 11.0. The molecule has 1 aromatic rings. The molecule has 0 spiro atoms. The van der Waals surface area contributed by atoms with Crippen LogP contribution in [-0.4, -0.2) is 55.4 Å². The maximum atomic E-state index is 11.9. The van der Waals surface area contributed by atoms with Crippen LogP contribution in [0.15, 0.2) is 22.5 Å². The maximum Gasteiger partial charge on any atom is 0.243 e. The first-order chi connectivity index (χ1) is 11.5. The summed E-state index contributed by atoms with van der Waals surface area (Å²) >= 11 is 1.73. The fourth-order valence-electron chi connectivity index (χ4n) is 3.02. The molecule has 1 atom stereocenters. The Morgan fingerprint density at radius 3 is 2.84 bits per heavy atom. The molecule has 0 bridgehead atoms. The summed E-state index contributed by atoms with van der Waals surface area (Å²) in [6.45, 7) is 7.57. The van der Waals surface area contributed by atoms with Gasteiger partial charge >= 0.3 is 0 Å². The molecule has 2 heterocycles. The molecule has 5 nitrogen and oxygen atoms in total. The van der Waals surface area contributed by atoms with Gasteiger partial charge in [0, 0.05) is 32.1 Å². The van der Waals surface area contributed by atoms with Gasteiger partial charge in [-0.2, -0.15) is 0 Å². The van der Waals surface area contributed by atoms with Crippen molar-refractivity contribution >= 4 is 47.2 Å². The lowest BCUT2D eigenvalue weighted by Gasteiger charge is -2.22. The van der Waals surface area contributed by atoms with Crippen LogP contribution in [-0.2, 0) is 11.3 Å². The highest BCUT2D eigenvalue weighted by atomic mass is 127. The van der Waals surface area contributed by atoms with Crippen molar-refractivity contribution in [2.45, 2.75) is 33.2 Å². The quantitative estimate of drug-likeness (QED) is 0.388. The molecule has 0 radical (unpaired) electrons. The van der Waals surface area contributed by atoms with Crippen molar-refractivity contribution in [1.82, 2.24) is 15.1 Å². The zero-order chi connectivity index (χ0) is 17.5. The van der Waals surface area contributed by atoms with E-state index in [4.69, 9.17) is 0 Å². The monoisotopic (exact) mass is 478 g/mol. The van der Waals surface area contributed by atoms with E-state index in [-0.39, 0.29) is 36.4 Å². The summed E-state index contributed by atoms with van der Waals surface area (Å²) in [5.74, 6) is 2.35. The smallest absolute Gasteiger partial charge is 0.243 e. The van der Waals surface area contributed by atoms with Crippen LogP contribution in [0.2, 0.25) is 0 Å². The van der Waals surface area contributed by atoms with E-state index in [1.807, 2.05) is 0 Å². The molecule has 1 aliphatic rings. The first-order valence-electron chi connectivity index (χ1n) is 8.71. The van der Waals surface area contributed by atoms with E-state index in [0.29, 0.717) is 0 Å². The molecule has 1 N–H and O–H groups in total. The van der Waals surface area contributed by atoms with Crippen molar-refractivity contribution in [1.29, 1.82) is 0 Å². The Labute approximate surface area is 172 Å². The van der Waals surface area contributed by atoms with Gasteiger partial charge in [0.25, 0.3) is 0 Å². The number of carbonyl (C=O) groups is 1. The van der Waals surface area contributed by atoms with Gasteiger partial charge in [-0.1, -0.05) is 19.9 Å². The minimum absolute atomic E-state index is 0. The molecule has 1 aromatic heterocycles. The summed E-state index contributed by atoms with van der Waals surface area (Å²) in [4.78, 5) is 21.6. The van der Waals surface area contributed by atoms with Gasteiger partial charge in [-0.15, -0.1) is 35.3 Å². The molecule has 0 saturated carbocycles. The van der Waals surface area contributed by atoms with Crippen LogP contribution in [0.4, 0.5) is 0 Å². The second-order valence-electron chi connectivity index (χ2n) is 7.09. The zero-order valence-corrected chi connectivity index (χ0v) is 18.8. The first-order valence-corrected chi connectivity index (χ1v) is 9.59. The number of nitrogens with zero attached hydrogens (tertiary/aromatic N) is 3. The topological polar surface area (TPSA) is 47.9 Å². The second-order valence-corrected chi connectivity index (χ2v) is 8.12. The van der Waals surface area contributed by atoms with E-state index in [1.165, 1.54) is 17.7 Å². The van der Waals surface area contributed by atoms with Gasteiger partial charge in [0.1, 0.15) is 6.54 Å². The Morgan fingerprint density at radius 2 is 2.24 bits per heavy atom. The van der Waals surface area contributed by atoms with Crippen LogP contribution < -0.4 is 5.32 Å². The van der Waals surface area contributed by atoms with Crippen LogP contribution in [0, 0.1) is 11.8 Å². The number of guanidine groups is 1. The van der Waals surface area contributed by atoms with Crippen molar-refractivity contribution in [2.24, 2.45) is 16.8 Å². The molecular formula is C18H31IN4OS. The van der Waals surface area contributed by atoms with E-state index < -0.39 is 0 Å². The summed E-state index contributed by atoms with van der Waals surface area (Å²) in [5, 5.41) is 5.53. The van der Waals surface area contributed by atoms with Crippen molar-refractivity contribution in [3.8, 4) is 0 Å². The van der Waals surface area contributed by atoms with Crippen molar-refractivity contribution in [3.63, 3.8) is 0 Å². The Bertz CT molecular complexity index is 545. The Morgan fingerprint density at radius 1 is 1.48 bits per heavy atom. The number of nitrogens with one attached hydrogen (secondary N) is 1. The van der Waals surface area contributed by atoms with Crippen LogP contribution in [0.5, 0.6) is 0 Å².